The van der Waals surface area contributed by atoms with Crippen LogP contribution in [0.25, 0.3) is 11.1 Å². The van der Waals surface area contributed by atoms with Crippen molar-refractivity contribution in [3.63, 3.8) is 0 Å². The lowest BCUT2D eigenvalue weighted by Crippen LogP contribution is -1.92. The molecule has 0 atom stereocenters. The Balaban J connectivity index is 1.92. The van der Waals surface area contributed by atoms with Crippen LogP contribution in [0.15, 0.2) is 52.9 Å². The molecule has 0 N–H and O–H groups in total. The normalized spacial score (nSPS) is 10.6. The number of ketones is 1. The highest BCUT2D eigenvalue weighted by Gasteiger charge is 2.08. The molecule has 94 valence electrons. The first-order valence-electron chi connectivity index (χ1n) is 5.87. The lowest BCUT2D eigenvalue weighted by Gasteiger charge is -2.01. The predicted molar refractivity (Wildman–Crippen MR) is 70.5 cm³/mol. The quantitative estimate of drug-likeness (QED) is 0.666. The fourth-order valence-corrected chi connectivity index (χ4v) is 1.77. The molecule has 1 heterocycles. The molecule has 2 aromatic carbocycles. The summed E-state index contributed by atoms with van der Waals surface area (Å²) in [6.45, 7) is 1.51. The van der Waals surface area contributed by atoms with Crippen molar-refractivity contribution < 1.29 is 13.9 Å². The van der Waals surface area contributed by atoms with Gasteiger partial charge in [0.25, 0.3) is 0 Å². The Hall–Kier alpha value is -2.62. The van der Waals surface area contributed by atoms with E-state index >= 15 is 0 Å². The summed E-state index contributed by atoms with van der Waals surface area (Å²) in [7, 11) is 0. The van der Waals surface area contributed by atoms with Crippen molar-refractivity contribution in [3.05, 3.63) is 54.1 Å². The van der Waals surface area contributed by atoms with Gasteiger partial charge in [-0.05, 0) is 31.2 Å². The molecule has 1 aromatic heterocycles. The van der Waals surface area contributed by atoms with Gasteiger partial charge in [0, 0.05) is 5.56 Å². The second kappa shape index (κ2) is 4.57. The van der Waals surface area contributed by atoms with Gasteiger partial charge in [0.05, 0.1) is 0 Å². The zero-order chi connectivity index (χ0) is 13.2. The first-order valence-corrected chi connectivity index (χ1v) is 5.87. The molecule has 19 heavy (non-hydrogen) atoms. The third kappa shape index (κ3) is 2.33. The van der Waals surface area contributed by atoms with Gasteiger partial charge in [0.1, 0.15) is 11.3 Å². The van der Waals surface area contributed by atoms with E-state index in [-0.39, 0.29) is 11.9 Å². The van der Waals surface area contributed by atoms with E-state index in [1.807, 2.05) is 24.3 Å². The SMILES string of the molecule is CC(=O)c1cccc(Oc2nc3ccccc3o2)c1. The summed E-state index contributed by atoms with van der Waals surface area (Å²) in [6, 6.07) is 14.3. The van der Waals surface area contributed by atoms with Gasteiger partial charge in [-0.2, -0.15) is 4.98 Å². The standard InChI is InChI=1S/C15H11NO3/c1-10(17)11-5-4-6-12(9-11)18-15-16-13-7-2-3-8-14(13)19-15/h2-9H,1H3. The van der Waals surface area contributed by atoms with Crippen LogP contribution in [0, 0.1) is 0 Å². The molecule has 0 aliphatic heterocycles. The van der Waals surface area contributed by atoms with Crippen molar-refractivity contribution in [3.8, 4) is 11.8 Å². The molecule has 0 bridgehead atoms. The van der Waals surface area contributed by atoms with Crippen LogP contribution in [0.1, 0.15) is 17.3 Å². The van der Waals surface area contributed by atoms with Gasteiger partial charge >= 0.3 is 6.08 Å². The number of para-hydroxylation sites is 2. The number of carbonyl (C=O) groups excluding carboxylic acids is 1. The smallest absolute Gasteiger partial charge is 0.400 e. The summed E-state index contributed by atoms with van der Waals surface area (Å²) in [6.07, 6.45) is 0.168. The summed E-state index contributed by atoms with van der Waals surface area (Å²) < 4.78 is 11.0. The van der Waals surface area contributed by atoms with E-state index in [4.69, 9.17) is 9.15 Å². The predicted octanol–water partition coefficient (Wildman–Crippen LogP) is 3.82. The van der Waals surface area contributed by atoms with Gasteiger partial charge in [0.2, 0.25) is 0 Å². The molecule has 3 rings (SSSR count). The Morgan fingerprint density at radius 2 is 2.00 bits per heavy atom. The van der Waals surface area contributed by atoms with Crippen molar-refractivity contribution in [2.24, 2.45) is 0 Å². The van der Waals surface area contributed by atoms with Gasteiger partial charge in [-0.15, -0.1) is 0 Å². The number of oxazole rings is 1. The average molecular weight is 253 g/mol. The number of hydrogen-bond acceptors (Lipinski definition) is 4. The fourth-order valence-electron chi connectivity index (χ4n) is 1.77. The molecular formula is C15H11NO3. The van der Waals surface area contributed by atoms with Crippen molar-refractivity contribution in [1.82, 2.24) is 4.98 Å². The first kappa shape index (κ1) is 11.5. The van der Waals surface area contributed by atoms with Crippen LogP contribution in [0.4, 0.5) is 0 Å². The van der Waals surface area contributed by atoms with E-state index in [0.29, 0.717) is 16.9 Å². The molecule has 0 saturated heterocycles. The number of nitrogens with zero attached hydrogens (tertiary/aromatic N) is 1. The van der Waals surface area contributed by atoms with Crippen molar-refractivity contribution in [2.75, 3.05) is 0 Å². The number of carbonyl (C=O) groups is 1. The Kier molecular flexibility index (Phi) is 2.76. The molecular weight excluding hydrogens is 242 g/mol. The Labute approximate surface area is 109 Å². The summed E-state index contributed by atoms with van der Waals surface area (Å²) in [5, 5.41) is 0. The first-order chi connectivity index (χ1) is 9.22. The monoisotopic (exact) mass is 253 g/mol. The van der Waals surface area contributed by atoms with Gasteiger partial charge in [0.15, 0.2) is 11.4 Å². The average Bonchev–Trinajstić information content (AvgIpc) is 2.81. The van der Waals surface area contributed by atoms with Crippen LogP contribution in [0.3, 0.4) is 0 Å². The number of benzene rings is 2. The van der Waals surface area contributed by atoms with Crippen molar-refractivity contribution >= 4 is 16.9 Å². The van der Waals surface area contributed by atoms with E-state index in [2.05, 4.69) is 4.98 Å². The topological polar surface area (TPSA) is 52.3 Å². The number of aromatic nitrogens is 1. The van der Waals surface area contributed by atoms with E-state index in [9.17, 15) is 4.79 Å². The van der Waals surface area contributed by atoms with Gasteiger partial charge in [-0.1, -0.05) is 24.3 Å². The number of Topliss-reactive ketones (excluding diaryl/α,β-unsaturated/α-hetero) is 1. The molecule has 0 aliphatic rings. The minimum absolute atomic E-state index is 0.0111. The molecule has 0 unspecified atom stereocenters. The van der Waals surface area contributed by atoms with E-state index in [0.717, 1.165) is 5.52 Å². The molecule has 0 aliphatic carbocycles. The van der Waals surface area contributed by atoms with Gasteiger partial charge in [-0.3, -0.25) is 4.79 Å². The maximum absolute atomic E-state index is 11.3. The van der Waals surface area contributed by atoms with Crippen LogP contribution >= 0.6 is 0 Å². The highest BCUT2D eigenvalue weighted by molar-refractivity contribution is 5.94. The molecule has 0 fully saturated rings. The van der Waals surface area contributed by atoms with E-state index in [1.165, 1.54) is 6.92 Å². The Morgan fingerprint density at radius 3 is 2.79 bits per heavy atom. The maximum atomic E-state index is 11.3. The minimum atomic E-state index is -0.0111. The lowest BCUT2D eigenvalue weighted by molar-refractivity contribution is 0.101. The zero-order valence-corrected chi connectivity index (χ0v) is 10.3. The molecule has 0 amide bonds. The minimum Gasteiger partial charge on any atom is -0.411 e. The largest absolute Gasteiger partial charge is 0.411 e. The maximum Gasteiger partial charge on any atom is 0.400 e. The summed E-state index contributed by atoms with van der Waals surface area (Å²) in [5.41, 5.74) is 1.99. The van der Waals surface area contributed by atoms with Gasteiger partial charge < -0.3 is 9.15 Å². The van der Waals surface area contributed by atoms with Crippen LogP contribution in [-0.2, 0) is 0 Å². The summed E-state index contributed by atoms with van der Waals surface area (Å²) >= 11 is 0. The molecule has 0 radical (unpaired) electrons. The van der Waals surface area contributed by atoms with Crippen LogP contribution in [-0.4, -0.2) is 10.8 Å². The highest BCUT2D eigenvalue weighted by atomic mass is 16.6. The third-order valence-electron chi connectivity index (χ3n) is 2.72. The Bertz CT molecular complexity index is 713. The summed E-state index contributed by atoms with van der Waals surface area (Å²) in [4.78, 5) is 15.5. The zero-order valence-electron chi connectivity index (χ0n) is 10.3. The number of ether oxygens (including phenoxy) is 1. The number of hydrogen-bond donors (Lipinski definition) is 0. The van der Waals surface area contributed by atoms with Gasteiger partial charge in [-0.25, -0.2) is 0 Å². The highest BCUT2D eigenvalue weighted by Crippen LogP contribution is 2.25. The van der Waals surface area contributed by atoms with Crippen LogP contribution in [0.5, 0.6) is 11.8 Å². The van der Waals surface area contributed by atoms with Crippen LogP contribution in [0.2, 0.25) is 0 Å². The molecule has 0 spiro atoms. The number of fused-ring (bicyclic) bond motifs is 1. The second-order valence-electron chi connectivity index (χ2n) is 4.13. The number of rotatable bonds is 3. The molecule has 4 nitrogen and oxygen atoms in total. The second-order valence-corrected chi connectivity index (χ2v) is 4.13. The van der Waals surface area contributed by atoms with Crippen molar-refractivity contribution in [1.29, 1.82) is 0 Å². The molecule has 4 heteroatoms. The summed E-state index contributed by atoms with van der Waals surface area (Å²) in [5.74, 6) is 0.516. The molecule has 0 saturated carbocycles. The van der Waals surface area contributed by atoms with E-state index < -0.39 is 0 Å². The molecule has 3 aromatic rings. The van der Waals surface area contributed by atoms with Crippen LogP contribution < -0.4 is 4.74 Å². The fraction of sp³-hybridized carbons (Fsp3) is 0.0667. The van der Waals surface area contributed by atoms with E-state index in [1.54, 1.807) is 24.3 Å². The third-order valence-corrected chi connectivity index (χ3v) is 2.72. The van der Waals surface area contributed by atoms with Crippen molar-refractivity contribution in [2.45, 2.75) is 6.92 Å². The Morgan fingerprint density at radius 1 is 1.16 bits per heavy atom. The lowest BCUT2D eigenvalue weighted by atomic mass is 10.1.